The van der Waals surface area contributed by atoms with Crippen LogP contribution >= 0.6 is 11.8 Å². The fraction of sp³-hybridized carbons (Fsp3) is 0. The van der Waals surface area contributed by atoms with Gasteiger partial charge in [0.05, 0.1) is 11.1 Å². The molecule has 0 heterocycles. The maximum Gasteiger partial charge on any atom is 0.335 e. The largest absolute Gasteiger partial charge is 0.478 e. The molecule has 3 nitrogen and oxygen atoms in total. The van der Waals surface area contributed by atoms with E-state index in [1.807, 2.05) is 18.2 Å². The zero-order valence-corrected chi connectivity index (χ0v) is 10.1. The predicted octanol–water partition coefficient (Wildman–Crippen LogP) is 3.41. The van der Waals surface area contributed by atoms with E-state index in [2.05, 4.69) is 6.07 Å². The Labute approximate surface area is 109 Å². The van der Waals surface area contributed by atoms with Crippen LogP contribution in [-0.2, 0) is 0 Å². The minimum absolute atomic E-state index is 0.257. The van der Waals surface area contributed by atoms with Crippen molar-refractivity contribution in [2.75, 3.05) is 0 Å². The molecule has 0 fully saturated rings. The van der Waals surface area contributed by atoms with Gasteiger partial charge in [0.25, 0.3) is 0 Å². The SMILES string of the molecule is N#Cc1ccccc1Sc1ccc(C(=O)O)cc1. The Morgan fingerprint density at radius 3 is 2.39 bits per heavy atom. The highest BCUT2D eigenvalue weighted by Gasteiger charge is 2.05. The summed E-state index contributed by atoms with van der Waals surface area (Å²) in [5.74, 6) is -0.941. The van der Waals surface area contributed by atoms with Crippen LogP contribution in [0.25, 0.3) is 0 Å². The molecule has 0 bridgehead atoms. The maximum absolute atomic E-state index is 10.7. The number of carbonyl (C=O) groups is 1. The van der Waals surface area contributed by atoms with Gasteiger partial charge in [0.1, 0.15) is 6.07 Å². The summed E-state index contributed by atoms with van der Waals surface area (Å²) in [5.41, 5.74) is 0.873. The lowest BCUT2D eigenvalue weighted by molar-refractivity contribution is 0.0697. The Morgan fingerprint density at radius 1 is 1.11 bits per heavy atom. The molecule has 2 rings (SSSR count). The van der Waals surface area contributed by atoms with Crippen LogP contribution in [0.2, 0.25) is 0 Å². The van der Waals surface area contributed by atoms with E-state index in [-0.39, 0.29) is 5.56 Å². The normalized spacial score (nSPS) is 9.72. The molecular formula is C14H9NO2S. The Morgan fingerprint density at radius 2 is 1.78 bits per heavy atom. The fourth-order valence-electron chi connectivity index (χ4n) is 1.44. The number of hydrogen-bond donors (Lipinski definition) is 1. The van der Waals surface area contributed by atoms with Gasteiger partial charge >= 0.3 is 5.97 Å². The highest BCUT2D eigenvalue weighted by molar-refractivity contribution is 7.99. The standard InChI is InChI=1S/C14H9NO2S/c15-9-11-3-1-2-4-13(11)18-12-7-5-10(6-8-12)14(16)17/h1-8H,(H,16,17). The number of carboxylic acid groups (broad SMARTS) is 1. The molecule has 0 aromatic heterocycles. The summed E-state index contributed by atoms with van der Waals surface area (Å²) < 4.78 is 0. The average Bonchev–Trinajstić information content (AvgIpc) is 2.40. The van der Waals surface area contributed by atoms with Gasteiger partial charge in [0, 0.05) is 9.79 Å². The van der Waals surface area contributed by atoms with E-state index >= 15 is 0 Å². The minimum atomic E-state index is -0.941. The van der Waals surface area contributed by atoms with Crippen molar-refractivity contribution in [3.05, 3.63) is 59.7 Å². The van der Waals surface area contributed by atoms with Crippen molar-refractivity contribution in [3.8, 4) is 6.07 Å². The van der Waals surface area contributed by atoms with Crippen molar-refractivity contribution >= 4 is 17.7 Å². The van der Waals surface area contributed by atoms with Crippen LogP contribution in [-0.4, -0.2) is 11.1 Å². The second-order valence-electron chi connectivity index (χ2n) is 3.54. The van der Waals surface area contributed by atoms with Gasteiger partial charge in [-0.2, -0.15) is 5.26 Å². The van der Waals surface area contributed by atoms with E-state index in [4.69, 9.17) is 10.4 Å². The molecule has 0 aliphatic carbocycles. The molecule has 18 heavy (non-hydrogen) atoms. The Bertz CT molecular complexity index is 614. The molecule has 2 aromatic carbocycles. The zero-order valence-electron chi connectivity index (χ0n) is 9.33. The number of rotatable bonds is 3. The monoisotopic (exact) mass is 255 g/mol. The lowest BCUT2D eigenvalue weighted by Gasteiger charge is -2.03. The van der Waals surface area contributed by atoms with Gasteiger partial charge in [0.15, 0.2) is 0 Å². The number of nitrogens with zero attached hydrogens (tertiary/aromatic N) is 1. The van der Waals surface area contributed by atoms with Crippen LogP contribution in [0.1, 0.15) is 15.9 Å². The summed E-state index contributed by atoms with van der Waals surface area (Å²) in [4.78, 5) is 12.5. The molecule has 0 atom stereocenters. The molecule has 4 heteroatoms. The van der Waals surface area contributed by atoms with Crippen LogP contribution in [0.3, 0.4) is 0 Å². The Hall–Kier alpha value is -2.25. The molecule has 2 aromatic rings. The van der Waals surface area contributed by atoms with Crippen LogP contribution in [0.4, 0.5) is 0 Å². The zero-order chi connectivity index (χ0) is 13.0. The molecule has 88 valence electrons. The van der Waals surface area contributed by atoms with Crippen molar-refractivity contribution < 1.29 is 9.90 Å². The molecule has 0 spiro atoms. The molecule has 0 amide bonds. The van der Waals surface area contributed by atoms with Crippen molar-refractivity contribution in [1.82, 2.24) is 0 Å². The van der Waals surface area contributed by atoms with Gasteiger partial charge in [-0.05, 0) is 36.4 Å². The van der Waals surface area contributed by atoms with Gasteiger partial charge in [-0.3, -0.25) is 0 Å². The second kappa shape index (κ2) is 5.39. The van der Waals surface area contributed by atoms with E-state index in [0.29, 0.717) is 5.56 Å². The van der Waals surface area contributed by atoms with Crippen molar-refractivity contribution in [3.63, 3.8) is 0 Å². The summed E-state index contributed by atoms with van der Waals surface area (Å²) in [7, 11) is 0. The summed E-state index contributed by atoms with van der Waals surface area (Å²) in [6.07, 6.45) is 0. The average molecular weight is 255 g/mol. The van der Waals surface area contributed by atoms with Crippen molar-refractivity contribution in [2.24, 2.45) is 0 Å². The van der Waals surface area contributed by atoms with E-state index in [1.54, 1.807) is 30.3 Å². The maximum atomic E-state index is 10.7. The van der Waals surface area contributed by atoms with Crippen LogP contribution in [0, 0.1) is 11.3 Å². The Kier molecular flexibility index (Phi) is 3.66. The van der Waals surface area contributed by atoms with Crippen molar-refractivity contribution in [2.45, 2.75) is 9.79 Å². The first-order valence-corrected chi connectivity index (χ1v) is 6.02. The van der Waals surface area contributed by atoms with Crippen LogP contribution in [0.5, 0.6) is 0 Å². The van der Waals surface area contributed by atoms with Crippen molar-refractivity contribution in [1.29, 1.82) is 5.26 Å². The van der Waals surface area contributed by atoms with Gasteiger partial charge in [-0.25, -0.2) is 4.79 Å². The van der Waals surface area contributed by atoms with E-state index < -0.39 is 5.97 Å². The third-order valence-corrected chi connectivity index (χ3v) is 3.42. The number of aromatic carboxylic acids is 1. The third-order valence-electron chi connectivity index (χ3n) is 2.34. The molecule has 0 unspecified atom stereocenters. The number of benzene rings is 2. The smallest absolute Gasteiger partial charge is 0.335 e. The first-order valence-electron chi connectivity index (χ1n) is 5.21. The molecular weight excluding hydrogens is 246 g/mol. The molecule has 0 saturated carbocycles. The van der Waals surface area contributed by atoms with Crippen LogP contribution in [0.15, 0.2) is 58.3 Å². The highest BCUT2D eigenvalue weighted by atomic mass is 32.2. The van der Waals surface area contributed by atoms with Gasteiger partial charge < -0.3 is 5.11 Å². The van der Waals surface area contributed by atoms with Gasteiger partial charge in [-0.15, -0.1) is 0 Å². The lowest BCUT2D eigenvalue weighted by Crippen LogP contribution is -1.94. The quantitative estimate of drug-likeness (QED) is 0.913. The first kappa shape index (κ1) is 12.2. The summed E-state index contributed by atoms with van der Waals surface area (Å²) in [6.45, 7) is 0. The van der Waals surface area contributed by atoms with Gasteiger partial charge in [0.2, 0.25) is 0 Å². The molecule has 0 aliphatic rings. The number of nitriles is 1. The predicted molar refractivity (Wildman–Crippen MR) is 68.7 cm³/mol. The molecule has 0 aliphatic heterocycles. The lowest BCUT2D eigenvalue weighted by atomic mass is 10.2. The minimum Gasteiger partial charge on any atom is -0.478 e. The van der Waals surface area contributed by atoms with E-state index in [0.717, 1.165) is 9.79 Å². The molecule has 0 saturated heterocycles. The van der Waals surface area contributed by atoms with Crippen LogP contribution < -0.4 is 0 Å². The topological polar surface area (TPSA) is 61.1 Å². The van der Waals surface area contributed by atoms with Gasteiger partial charge in [-0.1, -0.05) is 23.9 Å². The van der Waals surface area contributed by atoms with E-state index in [1.165, 1.54) is 11.8 Å². The Balaban J connectivity index is 2.24. The highest BCUT2D eigenvalue weighted by Crippen LogP contribution is 2.30. The summed E-state index contributed by atoms with van der Waals surface area (Å²) in [6, 6.07) is 16.0. The molecule has 0 radical (unpaired) electrons. The number of hydrogen-bond acceptors (Lipinski definition) is 3. The number of carboxylic acids is 1. The second-order valence-corrected chi connectivity index (χ2v) is 4.65. The van der Waals surface area contributed by atoms with E-state index in [9.17, 15) is 4.79 Å². The fourth-order valence-corrected chi connectivity index (χ4v) is 2.34. The molecule has 1 N–H and O–H groups in total. The summed E-state index contributed by atoms with van der Waals surface area (Å²) >= 11 is 1.44. The summed E-state index contributed by atoms with van der Waals surface area (Å²) in [5, 5.41) is 17.8. The third kappa shape index (κ3) is 2.70. The first-order chi connectivity index (χ1) is 8.70.